The largest absolute Gasteiger partial charge is 0.497 e. The van der Waals surface area contributed by atoms with Crippen LogP contribution in [0.2, 0.25) is 0 Å². The molecule has 2 atom stereocenters. The van der Waals surface area contributed by atoms with Crippen molar-refractivity contribution in [3.8, 4) is 5.75 Å². The first-order chi connectivity index (χ1) is 12.0. The maximum atomic E-state index is 13.2. The summed E-state index contributed by atoms with van der Waals surface area (Å²) in [7, 11) is 1.60. The molecule has 2 rings (SSSR count). The van der Waals surface area contributed by atoms with Crippen molar-refractivity contribution in [2.45, 2.75) is 38.8 Å². The molecular weight excluding hydrogens is 319 g/mol. The lowest BCUT2D eigenvalue weighted by Gasteiger charge is -2.22. The van der Waals surface area contributed by atoms with Crippen LogP contribution in [-0.4, -0.2) is 19.1 Å². The third-order valence-electron chi connectivity index (χ3n) is 3.98. The van der Waals surface area contributed by atoms with E-state index in [-0.39, 0.29) is 17.8 Å². The minimum atomic E-state index is -0.603. The van der Waals surface area contributed by atoms with Crippen molar-refractivity contribution in [2.24, 2.45) is 0 Å². The topological polar surface area (TPSA) is 50.4 Å². The SMILES string of the molecule is CCCC(C)NC(=O)C(Nc1ccc(OC)cc1)c1ccc(F)cc1. The lowest BCUT2D eigenvalue weighted by Crippen LogP contribution is -2.38. The lowest BCUT2D eigenvalue weighted by molar-refractivity contribution is -0.122. The number of nitrogens with one attached hydrogen (secondary N) is 2. The normalized spacial score (nSPS) is 13.0. The molecule has 0 radical (unpaired) electrons. The van der Waals surface area contributed by atoms with Crippen molar-refractivity contribution in [1.82, 2.24) is 5.32 Å². The van der Waals surface area contributed by atoms with Gasteiger partial charge in [-0.3, -0.25) is 4.79 Å². The van der Waals surface area contributed by atoms with Crippen LogP contribution < -0.4 is 15.4 Å². The summed E-state index contributed by atoms with van der Waals surface area (Å²) >= 11 is 0. The standard InChI is InChI=1S/C20H25FN2O2/c1-4-5-14(2)22-20(24)19(15-6-8-16(21)9-7-15)23-17-10-12-18(25-3)13-11-17/h6-14,19,23H,4-5H2,1-3H3,(H,22,24). The summed E-state index contributed by atoms with van der Waals surface area (Å²) < 4.78 is 18.4. The third kappa shape index (κ3) is 5.48. The van der Waals surface area contributed by atoms with E-state index in [1.54, 1.807) is 19.2 Å². The van der Waals surface area contributed by atoms with E-state index in [9.17, 15) is 9.18 Å². The van der Waals surface area contributed by atoms with Crippen LogP contribution in [0.1, 0.15) is 38.3 Å². The average molecular weight is 344 g/mol. The molecule has 0 aliphatic rings. The Hall–Kier alpha value is -2.56. The van der Waals surface area contributed by atoms with Gasteiger partial charge in [0.25, 0.3) is 0 Å². The summed E-state index contributed by atoms with van der Waals surface area (Å²) in [5, 5.41) is 6.24. The molecule has 0 bridgehead atoms. The molecule has 25 heavy (non-hydrogen) atoms. The second kappa shape index (κ2) is 9.06. The van der Waals surface area contributed by atoms with Crippen molar-refractivity contribution < 1.29 is 13.9 Å². The van der Waals surface area contributed by atoms with Gasteiger partial charge in [0.05, 0.1) is 7.11 Å². The third-order valence-corrected chi connectivity index (χ3v) is 3.98. The Bertz CT molecular complexity index is 671. The van der Waals surface area contributed by atoms with Gasteiger partial charge in [0.2, 0.25) is 5.91 Å². The molecule has 5 heteroatoms. The molecule has 0 aliphatic heterocycles. The summed E-state index contributed by atoms with van der Waals surface area (Å²) in [5.41, 5.74) is 1.49. The first kappa shape index (κ1) is 18.8. The van der Waals surface area contributed by atoms with Crippen molar-refractivity contribution in [3.05, 3.63) is 59.9 Å². The van der Waals surface area contributed by atoms with E-state index in [0.717, 1.165) is 24.3 Å². The minimum Gasteiger partial charge on any atom is -0.497 e. The van der Waals surface area contributed by atoms with Gasteiger partial charge in [0.1, 0.15) is 17.6 Å². The van der Waals surface area contributed by atoms with E-state index >= 15 is 0 Å². The van der Waals surface area contributed by atoms with Crippen molar-refractivity contribution in [2.75, 3.05) is 12.4 Å². The van der Waals surface area contributed by atoms with Crippen molar-refractivity contribution in [1.29, 1.82) is 0 Å². The van der Waals surface area contributed by atoms with Gasteiger partial charge in [0, 0.05) is 11.7 Å². The summed E-state index contributed by atoms with van der Waals surface area (Å²) in [6.07, 6.45) is 1.90. The molecule has 2 aromatic rings. The highest BCUT2D eigenvalue weighted by Gasteiger charge is 2.22. The highest BCUT2D eigenvalue weighted by Crippen LogP contribution is 2.23. The summed E-state index contributed by atoms with van der Waals surface area (Å²) in [4.78, 5) is 12.7. The summed E-state index contributed by atoms with van der Waals surface area (Å²) in [6, 6.07) is 12.8. The molecule has 0 aromatic heterocycles. The molecule has 0 aliphatic carbocycles. The summed E-state index contributed by atoms with van der Waals surface area (Å²) in [5.74, 6) is 0.278. The van der Waals surface area contributed by atoms with Gasteiger partial charge in [-0.05, 0) is 55.3 Å². The predicted octanol–water partition coefficient (Wildman–Crippen LogP) is 4.29. The first-order valence-corrected chi connectivity index (χ1v) is 8.50. The van der Waals surface area contributed by atoms with E-state index in [1.165, 1.54) is 12.1 Å². The quantitative estimate of drug-likeness (QED) is 0.751. The Morgan fingerprint density at radius 3 is 2.32 bits per heavy atom. The van der Waals surface area contributed by atoms with Crippen LogP contribution in [0, 0.1) is 5.82 Å². The number of rotatable bonds is 8. The van der Waals surface area contributed by atoms with Crippen LogP contribution in [0.15, 0.2) is 48.5 Å². The van der Waals surface area contributed by atoms with Crippen LogP contribution in [0.3, 0.4) is 0 Å². The maximum absolute atomic E-state index is 13.2. The molecule has 2 aromatic carbocycles. The average Bonchev–Trinajstić information content (AvgIpc) is 2.61. The second-order valence-corrected chi connectivity index (χ2v) is 6.06. The van der Waals surface area contributed by atoms with E-state index in [4.69, 9.17) is 4.74 Å². The molecule has 2 unspecified atom stereocenters. The number of ether oxygens (including phenoxy) is 1. The van der Waals surface area contributed by atoms with Crippen molar-refractivity contribution in [3.63, 3.8) is 0 Å². The van der Waals surface area contributed by atoms with Gasteiger partial charge in [-0.15, -0.1) is 0 Å². The minimum absolute atomic E-state index is 0.0816. The number of methoxy groups -OCH3 is 1. The van der Waals surface area contributed by atoms with E-state index in [2.05, 4.69) is 17.6 Å². The Morgan fingerprint density at radius 1 is 1.12 bits per heavy atom. The number of hydrogen-bond acceptors (Lipinski definition) is 3. The smallest absolute Gasteiger partial charge is 0.247 e. The molecule has 0 fully saturated rings. The van der Waals surface area contributed by atoms with Crippen LogP contribution in [0.4, 0.5) is 10.1 Å². The molecular formula is C20H25FN2O2. The number of anilines is 1. The lowest BCUT2D eigenvalue weighted by atomic mass is 10.0. The Morgan fingerprint density at radius 2 is 1.76 bits per heavy atom. The highest BCUT2D eigenvalue weighted by atomic mass is 19.1. The number of benzene rings is 2. The maximum Gasteiger partial charge on any atom is 0.247 e. The van der Waals surface area contributed by atoms with E-state index in [1.807, 2.05) is 31.2 Å². The summed E-state index contributed by atoms with van der Waals surface area (Å²) in [6.45, 7) is 4.06. The molecule has 0 saturated carbocycles. The van der Waals surface area contributed by atoms with Gasteiger partial charge >= 0.3 is 0 Å². The van der Waals surface area contributed by atoms with Gasteiger partial charge in [-0.25, -0.2) is 4.39 Å². The number of halogens is 1. The molecule has 1 amide bonds. The fourth-order valence-corrected chi connectivity index (χ4v) is 2.64. The Kier molecular flexibility index (Phi) is 6.81. The number of hydrogen-bond donors (Lipinski definition) is 2. The van der Waals surface area contributed by atoms with E-state index in [0.29, 0.717) is 5.56 Å². The molecule has 0 spiro atoms. The highest BCUT2D eigenvalue weighted by molar-refractivity contribution is 5.86. The predicted molar refractivity (Wildman–Crippen MR) is 98.3 cm³/mol. The fourth-order valence-electron chi connectivity index (χ4n) is 2.64. The van der Waals surface area contributed by atoms with Crippen LogP contribution in [0.25, 0.3) is 0 Å². The molecule has 0 heterocycles. The van der Waals surface area contributed by atoms with Crippen LogP contribution in [0.5, 0.6) is 5.75 Å². The van der Waals surface area contributed by atoms with Gasteiger partial charge in [0.15, 0.2) is 0 Å². The zero-order valence-corrected chi connectivity index (χ0v) is 14.9. The molecule has 0 saturated heterocycles. The first-order valence-electron chi connectivity index (χ1n) is 8.50. The Labute approximate surface area is 148 Å². The number of amides is 1. The van der Waals surface area contributed by atoms with Gasteiger partial charge < -0.3 is 15.4 Å². The second-order valence-electron chi connectivity index (χ2n) is 6.06. The van der Waals surface area contributed by atoms with Gasteiger partial charge in [-0.1, -0.05) is 25.5 Å². The Balaban J connectivity index is 2.21. The van der Waals surface area contributed by atoms with Gasteiger partial charge in [-0.2, -0.15) is 0 Å². The molecule has 2 N–H and O–H groups in total. The zero-order chi connectivity index (χ0) is 18.2. The molecule has 134 valence electrons. The number of carbonyl (C=O) groups is 1. The zero-order valence-electron chi connectivity index (χ0n) is 14.9. The van der Waals surface area contributed by atoms with E-state index < -0.39 is 6.04 Å². The monoisotopic (exact) mass is 344 g/mol. The fraction of sp³-hybridized carbons (Fsp3) is 0.350. The molecule has 4 nitrogen and oxygen atoms in total. The van der Waals surface area contributed by atoms with Crippen molar-refractivity contribution >= 4 is 11.6 Å². The van der Waals surface area contributed by atoms with Crippen LogP contribution >= 0.6 is 0 Å². The van der Waals surface area contributed by atoms with Crippen LogP contribution in [-0.2, 0) is 4.79 Å². The number of carbonyl (C=O) groups excluding carboxylic acids is 1.